The molecule has 0 radical (unpaired) electrons. The second-order valence-electron chi connectivity index (χ2n) is 8.40. The Hall–Kier alpha value is -2.51. The summed E-state index contributed by atoms with van der Waals surface area (Å²) in [4.78, 5) is 0. The molecule has 1 nitrogen and oxygen atoms in total. The molecule has 1 fully saturated rings. The summed E-state index contributed by atoms with van der Waals surface area (Å²) < 4.78 is 0. The second-order valence-corrected chi connectivity index (χ2v) is 8.40. The third kappa shape index (κ3) is 5.98. The van der Waals surface area contributed by atoms with Gasteiger partial charge in [0, 0.05) is 11.5 Å². The average Bonchev–Trinajstić information content (AvgIpc) is 2.78. The Labute approximate surface area is 177 Å². The first-order chi connectivity index (χ1) is 14.2. The van der Waals surface area contributed by atoms with E-state index in [0.29, 0.717) is 11.8 Å². The molecule has 0 spiro atoms. The fraction of sp³-hybridized carbons (Fsp3) is 0.464. The molecule has 0 atom stereocenters. The van der Waals surface area contributed by atoms with Gasteiger partial charge < -0.3 is 0 Å². The van der Waals surface area contributed by atoms with E-state index in [9.17, 15) is 5.26 Å². The monoisotopic (exact) mass is 383 g/mol. The van der Waals surface area contributed by atoms with Crippen LogP contribution in [-0.4, -0.2) is 0 Å². The number of rotatable bonds is 6. The van der Waals surface area contributed by atoms with Gasteiger partial charge in [0.2, 0.25) is 0 Å². The lowest BCUT2D eigenvalue weighted by molar-refractivity contribution is 0.384. The van der Waals surface area contributed by atoms with Crippen LogP contribution >= 0.6 is 0 Å². The highest BCUT2D eigenvalue weighted by molar-refractivity contribution is 5.46. The smallest absolute Gasteiger partial charge is 0.0994 e. The molecule has 1 saturated carbocycles. The number of nitrogens with zero attached hydrogens (tertiary/aromatic N) is 1. The van der Waals surface area contributed by atoms with E-state index in [1.165, 1.54) is 56.1 Å². The van der Waals surface area contributed by atoms with Crippen molar-refractivity contribution in [1.29, 1.82) is 5.26 Å². The van der Waals surface area contributed by atoms with Crippen molar-refractivity contribution < 1.29 is 0 Å². The number of hydrogen-bond donors (Lipinski definition) is 0. The molecule has 0 heterocycles. The Balaban J connectivity index is 1.56. The largest absolute Gasteiger partial charge is 0.192 e. The van der Waals surface area contributed by atoms with E-state index in [1.54, 1.807) is 0 Å². The van der Waals surface area contributed by atoms with E-state index in [0.717, 1.165) is 29.5 Å². The van der Waals surface area contributed by atoms with Crippen molar-refractivity contribution in [2.24, 2.45) is 5.92 Å². The van der Waals surface area contributed by atoms with Crippen molar-refractivity contribution in [2.75, 3.05) is 0 Å². The van der Waals surface area contributed by atoms with Crippen molar-refractivity contribution >= 4 is 0 Å². The molecule has 0 aliphatic heterocycles. The first-order valence-corrected chi connectivity index (χ1v) is 11.4. The van der Waals surface area contributed by atoms with Crippen LogP contribution in [0.15, 0.2) is 42.5 Å². The van der Waals surface area contributed by atoms with Crippen molar-refractivity contribution in [3.05, 3.63) is 70.3 Å². The van der Waals surface area contributed by atoms with Gasteiger partial charge in [0.05, 0.1) is 11.6 Å². The molecule has 0 N–H and O–H groups in total. The normalized spacial score (nSPS) is 18.5. The minimum atomic E-state index is 0.482. The molecule has 1 aliphatic rings. The molecule has 1 heteroatoms. The summed E-state index contributed by atoms with van der Waals surface area (Å²) >= 11 is 0. The molecule has 150 valence electrons. The lowest BCUT2D eigenvalue weighted by Crippen LogP contribution is -2.12. The molecule has 2 aromatic carbocycles. The quantitative estimate of drug-likeness (QED) is 0.485. The van der Waals surface area contributed by atoms with E-state index in [1.807, 2.05) is 6.07 Å². The first kappa shape index (κ1) is 21.2. The molecule has 0 aromatic heterocycles. The van der Waals surface area contributed by atoms with Gasteiger partial charge in [-0.3, -0.25) is 0 Å². The van der Waals surface area contributed by atoms with Gasteiger partial charge in [-0.25, -0.2) is 0 Å². The zero-order valence-corrected chi connectivity index (χ0v) is 18.0. The van der Waals surface area contributed by atoms with Crippen LogP contribution < -0.4 is 0 Å². The molecule has 0 unspecified atom stereocenters. The Bertz CT molecular complexity index is 881. The third-order valence-electron chi connectivity index (χ3n) is 6.17. The van der Waals surface area contributed by atoms with Gasteiger partial charge >= 0.3 is 0 Å². The standard InChI is InChI=1S/C28H33N/c1-3-5-7-22-10-15-26(16-11-22)27-17-12-23(13-18-27)8-9-24-14-19-25(6-4-2)28(20-24)21-29/h10-11,14-16,19-20,23,27H,3-7,12-13,17-18H2,1-2H3. The number of aryl methyl sites for hydroxylation is 2. The van der Waals surface area contributed by atoms with Gasteiger partial charge in [0.15, 0.2) is 0 Å². The van der Waals surface area contributed by atoms with Crippen LogP contribution in [0.4, 0.5) is 0 Å². The van der Waals surface area contributed by atoms with Crippen molar-refractivity contribution in [1.82, 2.24) is 0 Å². The van der Waals surface area contributed by atoms with E-state index >= 15 is 0 Å². The van der Waals surface area contributed by atoms with E-state index in [4.69, 9.17) is 0 Å². The molecular weight excluding hydrogens is 350 g/mol. The molecule has 0 saturated heterocycles. The Morgan fingerprint density at radius 3 is 2.31 bits per heavy atom. The maximum atomic E-state index is 9.39. The average molecular weight is 384 g/mol. The zero-order chi connectivity index (χ0) is 20.5. The predicted octanol–water partition coefficient (Wildman–Crippen LogP) is 7.18. The highest BCUT2D eigenvalue weighted by Gasteiger charge is 2.21. The van der Waals surface area contributed by atoms with Gasteiger partial charge in [-0.05, 0) is 79.7 Å². The van der Waals surface area contributed by atoms with Crippen molar-refractivity contribution in [2.45, 2.75) is 77.6 Å². The molecule has 1 aliphatic carbocycles. The van der Waals surface area contributed by atoms with Crippen molar-refractivity contribution in [3.8, 4) is 17.9 Å². The molecule has 2 aromatic rings. The maximum Gasteiger partial charge on any atom is 0.0994 e. The van der Waals surface area contributed by atoms with Gasteiger partial charge in [-0.2, -0.15) is 5.26 Å². The van der Waals surface area contributed by atoms with Gasteiger partial charge in [0.25, 0.3) is 0 Å². The lowest BCUT2D eigenvalue weighted by atomic mass is 9.78. The van der Waals surface area contributed by atoms with E-state index in [-0.39, 0.29) is 0 Å². The summed E-state index contributed by atoms with van der Waals surface area (Å²) in [6.45, 7) is 4.39. The number of unbranched alkanes of at least 4 members (excludes halogenated alkanes) is 1. The highest BCUT2D eigenvalue weighted by Crippen LogP contribution is 2.35. The minimum Gasteiger partial charge on any atom is -0.192 e. The summed E-state index contributed by atoms with van der Waals surface area (Å²) in [5, 5.41) is 9.39. The lowest BCUT2D eigenvalue weighted by Gasteiger charge is -2.26. The van der Waals surface area contributed by atoms with Crippen LogP contribution in [0.2, 0.25) is 0 Å². The van der Waals surface area contributed by atoms with Crippen LogP contribution in [0.25, 0.3) is 0 Å². The van der Waals surface area contributed by atoms with Gasteiger partial charge in [-0.1, -0.05) is 68.9 Å². The van der Waals surface area contributed by atoms with Crippen LogP contribution in [-0.2, 0) is 12.8 Å². The third-order valence-corrected chi connectivity index (χ3v) is 6.17. The molecular formula is C28H33N. The van der Waals surface area contributed by atoms with Crippen LogP contribution in [0.5, 0.6) is 0 Å². The fourth-order valence-corrected chi connectivity index (χ4v) is 4.34. The number of nitriles is 1. The summed E-state index contributed by atoms with van der Waals surface area (Å²) in [5.41, 5.74) is 5.87. The van der Waals surface area contributed by atoms with Crippen LogP contribution in [0.1, 0.15) is 92.5 Å². The first-order valence-electron chi connectivity index (χ1n) is 11.4. The van der Waals surface area contributed by atoms with Crippen molar-refractivity contribution in [3.63, 3.8) is 0 Å². The molecule has 0 amide bonds. The predicted molar refractivity (Wildman–Crippen MR) is 122 cm³/mol. The maximum absolute atomic E-state index is 9.39. The van der Waals surface area contributed by atoms with E-state index < -0.39 is 0 Å². The summed E-state index contributed by atoms with van der Waals surface area (Å²) in [6, 6.07) is 17.8. The summed E-state index contributed by atoms with van der Waals surface area (Å²) in [7, 11) is 0. The topological polar surface area (TPSA) is 23.8 Å². The minimum absolute atomic E-state index is 0.482. The van der Waals surface area contributed by atoms with Crippen LogP contribution in [0, 0.1) is 29.1 Å². The highest BCUT2D eigenvalue weighted by atomic mass is 14.3. The summed E-state index contributed by atoms with van der Waals surface area (Å²) in [5.74, 6) is 7.99. The van der Waals surface area contributed by atoms with E-state index in [2.05, 4.69) is 68.2 Å². The molecule has 29 heavy (non-hydrogen) atoms. The van der Waals surface area contributed by atoms with Gasteiger partial charge in [0.1, 0.15) is 0 Å². The number of benzene rings is 2. The Morgan fingerprint density at radius 1 is 0.897 bits per heavy atom. The SMILES string of the molecule is CCCCc1ccc(C2CCC(C#Cc3ccc(CCC)c(C#N)c3)CC2)cc1. The zero-order valence-electron chi connectivity index (χ0n) is 18.0. The Morgan fingerprint density at radius 2 is 1.66 bits per heavy atom. The second kappa shape index (κ2) is 10.9. The van der Waals surface area contributed by atoms with Gasteiger partial charge in [-0.15, -0.1) is 0 Å². The summed E-state index contributed by atoms with van der Waals surface area (Å²) in [6.07, 6.45) is 10.6. The Kier molecular flexibility index (Phi) is 7.95. The van der Waals surface area contributed by atoms with Crippen LogP contribution in [0.3, 0.4) is 0 Å². The fourth-order valence-electron chi connectivity index (χ4n) is 4.34. The number of hydrogen-bond acceptors (Lipinski definition) is 1. The molecule has 0 bridgehead atoms. The molecule has 3 rings (SSSR count).